The number of nitrogens with one attached hydrogen (secondary N) is 1. The number of halogens is 1. The van der Waals surface area contributed by atoms with Crippen LogP contribution < -0.4 is 10.5 Å². The molecule has 1 saturated carbocycles. The number of aromatic nitrogens is 1. The third-order valence-electron chi connectivity index (χ3n) is 3.63. The van der Waals surface area contributed by atoms with Gasteiger partial charge in [0.1, 0.15) is 0 Å². The maximum atomic E-state index is 13.4. The molecule has 0 aromatic carbocycles. The number of rotatable bonds is 5. The van der Waals surface area contributed by atoms with Gasteiger partial charge in [-0.15, -0.1) is 0 Å². The molecule has 0 saturated heterocycles. The third-order valence-corrected chi connectivity index (χ3v) is 4.99. The molecule has 2 atom stereocenters. The highest BCUT2D eigenvalue weighted by Gasteiger charge is 2.28. The van der Waals surface area contributed by atoms with Crippen LogP contribution in [0.15, 0.2) is 23.4 Å². The fourth-order valence-electron chi connectivity index (χ4n) is 2.55. The molecule has 2 rings (SSSR count). The van der Waals surface area contributed by atoms with Crippen molar-refractivity contribution in [2.24, 2.45) is 17.6 Å². The summed E-state index contributed by atoms with van der Waals surface area (Å²) >= 11 is 0. The van der Waals surface area contributed by atoms with Crippen molar-refractivity contribution in [3.8, 4) is 0 Å². The standard InChI is InChI=1S/C12H18FN3O2S/c13-11-5-2-6-15-12(11)19(17,18)16-8-10-4-1-3-9(10)7-14/h2,5-6,9-10,16H,1,3-4,7-8,14H2. The van der Waals surface area contributed by atoms with Crippen molar-refractivity contribution in [3.05, 3.63) is 24.1 Å². The fourth-order valence-corrected chi connectivity index (χ4v) is 3.64. The number of nitrogens with two attached hydrogens (primary N) is 1. The first-order valence-corrected chi connectivity index (χ1v) is 7.83. The zero-order chi connectivity index (χ0) is 13.9. The number of nitrogens with zero attached hydrogens (tertiary/aromatic N) is 1. The molecule has 3 N–H and O–H groups in total. The monoisotopic (exact) mass is 287 g/mol. The van der Waals surface area contributed by atoms with Gasteiger partial charge in [-0.3, -0.25) is 0 Å². The van der Waals surface area contributed by atoms with E-state index in [0.717, 1.165) is 25.3 Å². The molecule has 1 aliphatic rings. The molecular weight excluding hydrogens is 269 g/mol. The van der Waals surface area contributed by atoms with Crippen LogP contribution in [0.2, 0.25) is 0 Å². The van der Waals surface area contributed by atoms with E-state index in [1.165, 1.54) is 12.3 Å². The zero-order valence-corrected chi connectivity index (χ0v) is 11.4. The van der Waals surface area contributed by atoms with Crippen LogP contribution in [-0.4, -0.2) is 26.5 Å². The minimum atomic E-state index is -3.89. The lowest BCUT2D eigenvalue weighted by molar-refractivity contribution is 0.392. The van der Waals surface area contributed by atoms with Gasteiger partial charge in [0, 0.05) is 12.7 Å². The van der Waals surface area contributed by atoms with Crippen LogP contribution in [0.4, 0.5) is 4.39 Å². The summed E-state index contributed by atoms with van der Waals surface area (Å²) in [6.45, 7) is 0.852. The van der Waals surface area contributed by atoms with Crippen LogP contribution >= 0.6 is 0 Å². The van der Waals surface area contributed by atoms with E-state index >= 15 is 0 Å². The SMILES string of the molecule is NCC1CCCC1CNS(=O)(=O)c1ncccc1F. The normalized spacial score (nSPS) is 23.7. The van der Waals surface area contributed by atoms with E-state index in [4.69, 9.17) is 5.73 Å². The molecule has 0 spiro atoms. The maximum Gasteiger partial charge on any atom is 0.261 e. The lowest BCUT2D eigenvalue weighted by atomic mass is 9.97. The molecule has 19 heavy (non-hydrogen) atoms. The Bertz CT molecular complexity index is 536. The Hall–Kier alpha value is -1.05. The fraction of sp³-hybridized carbons (Fsp3) is 0.583. The molecule has 5 nitrogen and oxygen atoms in total. The highest BCUT2D eigenvalue weighted by Crippen LogP contribution is 2.30. The third kappa shape index (κ3) is 3.29. The summed E-state index contributed by atoms with van der Waals surface area (Å²) in [6, 6.07) is 2.44. The van der Waals surface area contributed by atoms with Crippen LogP contribution in [0.25, 0.3) is 0 Å². The Morgan fingerprint density at radius 2 is 2.16 bits per heavy atom. The maximum absolute atomic E-state index is 13.4. The Labute approximate surface area is 112 Å². The predicted molar refractivity (Wildman–Crippen MR) is 69.3 cm³/mol. The van der Waals surface area contributed by atoms with Crippen molar-refractivity contribution in [3.63, 3.8) is 0 Å². The van der Waals surface area contributed by atoms with Gasteiger partial charge in [0.05, 0.1) is 0 Å². The van der Waals surface area contributed by atoms with Crippen molar-refractivity contribution < 1.29 is 12.8 Å². The van der Waals surface area contributed by atoms with Crippen molar-refractivity contribution in [1.29, 1.82) is 0 Å². The zero-order valence-electron chi connectivity index (χ0n) is 10.5. The molecule has 106 valence electrons. The average molecular weight is 287 g/mol. The molecule has 0 bridgehead atoms. The average Bonchev–Trinajstić information content (AvgIpc) is 2.84. The summed E-state index contributed by atoms with van der Waals surface area (Å²) in [5.74, 6) is -0.264. The Morgan fingerprint density at radius 1 is 1.42 bits per heavy atom. The largest absolute Gasteiger partial charge is 0.330 e. The summed E-state index contributed by atoms with van der Waals surface area (Å²) < 4.78 is 39.8. The van der Waals surface area contributed by atoms with E-state index in [9.17, 15) is 12.8 Å². The van der Waals surface area contributed by atoms with Crippen LogP contribution in [-0.2, 0) is 10.0 Å². The second-order valence-electron chi connectivity index (χ2n) is 4.83. The van der Waals surface area contributed by atoms with Crippen LogP contribution in [0, 0.1) is 17.7 Å². The van der Waals surface area contributed by atoms with Crippen molar-refractivity contribution in [2.45, 2.75) is 24.3 Å². The summed E-state index contributed by atoms with van der Waals surface area (Å²) in [6.07, 6.45) is 4.30. The van der Waals surface area contributed by atoms with E-state index < -0.39 is 20.9 Å². The van der Waals surface area contributed by atoms with Crippen LogP contribution in [0.5, 0.6) is 0 Å². The van der Waals surface area contributed by atoms with Gasteiger partial charge in [-0.2, -0.15) is 0 Å². The lowest BCUT2D eigenvalue weighted by Gasteiger charge is -2.18. The van der Waals surface area contributed by atoms with Gasteiger partial charge in [0.25, 0.3) is 10.0 Å². The Balaban J connectivity index is 2.04. The van der Waals surface area contributed by atoms with Gasteiger partial charge in [0.2, 0.25) is 5.03 Å². The smallest absolute Gasteiger partial charge is 0.261 e. The second kappa shape index (κ2) is 5.94. The van der Waals surface area contributed by atoms with E-state index in [0.29, 0.717) is 19.0 Å². The van der Waals surface area contributed by atoms with Crippen molar-refractivity contribution in [2.75, 3.05) is 13.1 Å². The molecule has 1 aliphatic carbocycles. The first-order valence-electron chi connectivity index (χ1n) is 6.35. The highest BCUT2D eigenvalue weighted by atomic mass is 32.2. The van der Waals surface area contributed by atoms with Crippen molar-refractivity contribution >= 4 is 10.0 Å². The number of pyridine rings is 1. The van der Waals surface area contributed by atoms with E-state index in [-0.39, 0.29) is 5.92 Å². The van der Waals surface area contributed by atoms with Gasteiger partial charge in [-0.25, -0.2) is 22.5 Å². The predicted octanol–water partition coefficient (Wildman–Crippen LogP) is 0.874. The van der Waals surface area contributed by atoms with Crippen LogP contribution in [0.1, 0.15) is 19.3 Å². The quantitative estimate of drug-likeness (QED) is 0.841. The molecule has 0 radical (unpaired) electrons. The minimum absolute atomic E-state index is 0.228. The Kier molecular flexibility index (Phi) is 4.49. The first kappa shape index (κ1) is 14.4. The van der Waals surface area contributed by atoms with Gasteiger partial charge in [-0.05, 0) is 43.4 Å². The molecule has 1 fully saturated rings. The van der Waals surface area contributed by atoms with Gasteiger partial charge >= 0.3 is 0 Å². The molecule has 2 unspecified atom stereocenters. The molecular formula is C12H18FN3O2S. The van der Waals surface area contributed by atoms with Gasteiger partial charge < -0.3 is 5.73 Å². The topological polar surface area (TPSA) is 85.1 Å². The molecule has 1 heterocycles. The van der Waals surface area contributed by atoms with E-state index in [1.54, 1.807) is 0 Å². The van der Waals surface area contributed by atoms with Crippen molar-refractivity contribution in [1.82, 2.24) is 9.71 Å². The summed E-state index contributed by atoms with van der Waals surface area (Å²) in [5, 5.41) is -0.544. The van der Waals surface area contributed by atoms with E-state index in [2.05, 4.69) is 9.71 Å². The van der Waals surface area contributed by atoms with Gasteiger partial charge in [0.15, 0.2) is 5.82 Å². The molecule has 0 amide bonds. The summed E-state index contributed by atoms with van der Waals surface area (Å²) in [4.78, 5) is 3.58. The highest BCUT2D eigenvalue weighted by molar-refractivity contribution is 7.89. The number of hydrogen-bond acceptors (Lipinski definition) is 4. The van der Waals surface area contributed by atoms with Crippen LogP contribution in [0.3, 0.4) is 0 Å². The Morgan fingerprint density at radius 3 is 2.84 bits per heavy atom. The summed E-state index contributed by atoms with van der Waals surface area (Å²) in [5.41, 5.74) is 5.65. The molecule has 7 heteroatoms. The molecule has 1 aromatic heterocycles. The number of sulfonamides is 1. The van der Waals surface area contributed by atoms with E-state index in [1.807, 2.05) is 0 Å². The molecule has 1 aromatic rings. The summed E-state index contributed by atoms with van der Waals surface area (Å²) in [7, 11) is -3.89. The minimum Gasteiger partial charge on any atom is -0.330 e. The lowest BCUT2D eigenvalue weighted by Crippen LogP contribution is -2.33. The van der Waals surface area contributed by atoms with Gasteiger partial charge in [-0.1, -0.05) is 6.42 Å². The number of hydrogen-bond donors (Lipinski definition) is 2. The second-order valence-corrected chi connectivity index (χ2v) is 6.51. The first-order chi connectivity index (χ1) is 9.04. The molecule has 0 aliphatic heterocycles.